The van der Waals surface area contributed by atoms with Crippen LogP contribution in [0.3, 0.4) is 0 Å². The molecule has 2 rings (SSSR count). The Morgan fingerprint density at radius 2 is 2.00 bits per heavy atom. The van der Waals surface area contributed by atoms with E-state index in [1.54, 1.807) is 0 Å². The maximum Gasteiger partial charge on any atom is 0.231 e. The minimum absolute atomic E-state index is 0.396. The van der Waals surface area contributed by atoms with Crippen molar-refractivity contribution >= 4 is 26.5 Å². The normalized spacial score (nSPS) is 11.5. The Morgan fingerprint density at radius 3 is 2.61 bits per heavy atom. The highest BCUT2D eigenvalue weighted by atomic mass is 32.2. The van der Waals surface area contributed by atoms with Gasteiger partial charge in [-0.3, -0.25) is 4.72 Å². The molecule has 6 heteroatoms. The summed E-state index contributed by atoms with van der Waals surface area (Å²) in [6, 6.07) is 6.10. The molecule has 1 aromatic heterocycles. The summed E-state index contributed by atoms with van der Waals surface area (Å²) >= 11 is 1.28. The molecule has 0 atom stereocenters. The van der Waals surface area contributed by atoms with Crippen molar-refractivity contribution in [2.45, 2.75) is 13.8 Å². The molecule has 0 radical (unpaired) electrons. The van der Waals surface area contributed by atoms with E-state index in [1.165, 1.54) is 16.9 Å². The second-order valence-corrected chi connectivity index (χ2v) is 6.84. The van der Waals surface area contributed by atoms with Crippen LogP contribution in [0, 0.1) is 13.8 Å². The van der Waals surface area contributed by atoms with E-state index in [9.17, 15) is 8.42 Å². The van der Waals surface area contributed by atoms with E-state index in [0.717, 1.165) is 23.1 Å². The van der Waals surface area contributed by atoms with Gasteiger partial charge >= 0.3 is 0 Å². The van der Waals surface area contributed by atoms with Gasteiger partial charge in [-0.2, -0.15) is 0 Å². The number of thiazole rings is 1. The molecular weight excluding hydrogens is 268 g/mol. The van der Waals surface area contributed by atoms with Crippen LogP contribution in [0.25, 0.3) is 11.3 Å². The van der Waals surface area contributed by atoms with Gasteiger partial charge in [-0.05, 0) is 19.4 Å². The number of benzene rings is 1. The van der Waals surface area contributed by atoms with Crippen molar-refractivity contribution in [3.63, 3.8) is 0 Å². The maximum absolute atomic E-state index is 11.1. The molecule has 0 saturated carbocycles. The zero-order chi connectivity index (χ0) is 13.3. The fourth-order valence-corrected chi connectivity index (χ4v) is 3.27. The predicted octanol–water partition coefficient (Wildman–Crippen LogP) is 2.80. The molecule has 0 amide bonds. The molecule has 0 aliphatic heterocycles. The fraction of sp³-hybridized carbons (Fsp3) is 0.250. The minimum Gasteiger partial charge on any atom is -0.259 e. The van der Waals surface area contributed by atoms with Crippen LogP contribution >= 0.6 is 11.3 Å². The Morgan fingerprint density at radius 1 is 1.28 bits per heavy atom. The lowest BCUT2D eigenvalue weighted by atomic mass is 10.0. The lowest BCUT2D eigenvalue weighted by Gasteiger charge is -2.03. The average Bonchev–Trinajstić information content (AvgIpc) is 2.63. The first-order valence-corrected chi connectivity index (χ1v) is 8.13. The number of hydrogen-bond donors (Lipinski definition) is 1. The van der Waals surface area contributed by atoms with E-state index in [0.29, 0.717) is 5.13 Å². The Labute approximate surface area is 111 Å². The number of aromatic nitrogens is 1. The molecule has 0 fully saturated rings. The average molecular weight is 282 g/mol. The van der Waals surface area contributed by atoms with Gasteiger partial charge in [-0.1, -0.05) is 23.8 Å². The van der Waals surface area contributed by atoms with E-state index < -0.39 is 10.0 Å². The molecule has 4 nitrogen and oxygen atoms in total. The number of nitrogens with one attached hydrogen (secondary N) is 1. The van der Waals surface area contributed by atoms with Crippen LogP contribution < -0.4 is 4.72 Å². The van der Waals surface area contributed by atoms with Crippen LogP contribution in [0.2, 0.25) is 0 Å². The first kappa shape index (κ1) is 13.0. The van der Waals surface area contributed by atoms with Crippen molar-refractivity contribution in [2.24, 2.45) is 0 Å². The smallest absolute Gasteiger partial charge is 0.231 e. The summed E-state index contributed by atoms with van der Waals surface area (Å²) in [5, 5.41) is 2.25. The number of hydrogen-bond acceptors (Lipinski definition) is 4. The van der Waals surface area contributed by atoms with Crippen LogP contribution in [0.4, 0.5) is 5.13 Å². The molecule has 1 heterocycles. The standard InChI is InChI=1S/C12H14N2O2S2/c1-8-4-5-10(9(2)6-8)11-7-17-12(13-11)14-18(3,15)16/h4-7H,1-3H3,(H,13,14). The van der Waals surface area contributed by atoms with Crippen LogP contribution in [0.15, 0.2) is 23.6 Å². The molecule has 1 aromatic carbocycles. The quantitative estimate of drug-likeness (QED) is 0.941. The monoisotopic (exact) mass is 282 g/mol. The molecule has 2 aromatic rings. The van der Waals surface area contributed by atoms with Gasteiger partial charge in [0.25, 0.3) is 0 Å². The largest absolute Gasteiger partial charge is 0.259 e. The van der Waals surface area contributed by atoms with E-state index in [2.05, 4.69) is 15.8 Å². The van der Waals surface area contributed by atoms with Crippen LogP contribution in [0.5, 0.6) is 0 Å². The summed E-state index contributed by atoms with van der Waals surface area (Å²) in [6.45, 7) is 4.06. The molecule has 0 aliphatic rings. The van der Waals surface area contributed by atoms with E-state index in [-0.39, 0.29) is 0 Å². The number of sulfonamides is 1. The fourth-order valence-electron chi connectivity index (χ4n) is 1.70. The first-order valence-electron chi connectivity index (χ1n) is 5.36. The van der Waals surface area contributed by atoms with Gasteiger partial charge in [-0.25, -0.2) is 13.4 Å². The van der Waals surface area contributed by atoms with E-state index in [4.69, 9.17) is 0 Å². The highest BCUT2D eigenvalue weighted by molar-refractivity contribution is 7.92. The Bertz CT molecular complexity index is 675. The van der Waals surface area contributed by atoms with Gasteiger partial charge in [0.2, 0.25) is 10.0 Å². The third kappa shape index (κ3) is 3.08. The van der Waals surface area contributed by atoms with Crippen molar-refractivity contribution < 1.29 is 8.42 Å². The molecule has 0 bridgehead atoms. The molecule has 18 heavy (non-hydrogen) atoms. The highest BCUT2D eigenvalue weighted by Crippen LogP contribution is 2.28. The summed E-state index contributed by atoms with van der Waals surface area (Å²) in [5.41, 5.74) is 4.15. The summed E-state index contributed by atoms with van der Waals surface area (Å²) in [6.07, 6.45) is 1.12. The predicted molar refractivity (Wildman–Crippen MR) is 75.5 cm³/mol. The molecule has 1 N–H and O–H groups in total. The van der Waals surface area contributed by atoms with Crippen LogP contribution in [0.1, 0.15) is 11.1 Å². The minimum atomic E-state index is -3.26. The Balaban J connectivity index is 2.35. The molecule has 96 valence electrons. The number of nitrogens with zero attached hydrogens (tertiary/aromatic N) is 1. The highest BCUT2D eigenvalue weighted by Gasteiger charge is 2.09. The van der Waals surface area contributed by atoms with Crippen molar-refractivity contribution in [1.29, 1.82) is 0 Å². The summed E-state index contributed by atoms with van der Waals surface area (Å²) in [7, 11) is -3.26. The summed E-state index contributed by atoms with van der Waals surface area (Å²) in [4.78, 5) is 4.28. The summed E-state index contributed by atoms with van der Waals surface area (Å²) in [5.74, 6) is 0. The van der Waals surface area contributed by atoms with E-state index in [1.807, 2.05) is 31.4 Å². The zero-order valence-electron chi connectivity index (χ0n) is 10.4. The zero-order valence-corrected chi connectivity index (χ0v) is 12.0. The molecule has 0 spiro atoms. The number of anilines is 1. The van der Waals surface area contributed by atoms with Crippen molar-refractivity contribution in [3.8, 4) is 11.3 Å². The maximum atomic E-state index is 11.1. The third-order valence-electron chi connectivity index (χ3n) is 2.43. The van der Waals surface area contributed by atoms with Gasteiger partial charge in [0.15, 0.2) is 5.13 Å². The van der Waals surface area contributed by atoms with Gasteiger partial charge in [0.05, 0.1) is 11.9 Å². The molecular formula is C12H14N2O2S2. The number of aryl methyl sites for hydroxylation is 2. The lowest BCUT2D eigenvalue weighted by molar-refractivity contribution is 0.607. The van der Waals surface area contributed by atoms with Gasteiger partial charge < -0.3 is 0 Å². The molecule has 0 saturated heterocycles. The van der Waals surface area contributed by atoms with Gasteiger partial charge in [0.1, 0.15) is 0 Å². The van der Waals surface area contributed by atoms with Crippen molar-refractivity contribution in [2.75, 3.05) is 11.0 Å². The molecule has 0 aliphatic carbocycles. The van der Waals surface area contributed by atoms with Crippen LogP contribution in [-0.2, 0) is 10.0 Å². The van der Waals surface area contributed by atoms with E-state index >= 15 is 0 Å². The first-order chi connectivity index (χ1) is 8.35. The molecule has 0 unspecified atom stereocenters. The van der Waals surface area contributed by atoms with Crippen LogP contribution in [-0.4, -0.2) is 19.7 Å². The topological polar surface area (TPSA) is 59.1 Å². The SMILES string of the molecule is Cc1ccc(-c2csc(NS(C)(=O)=O)n2)c(C)c1. The summed E-state index contributed by atoms with van der Waals surface area (Å²) < 4.78 is 24.6. The van der Waals surface area contributed by atoms with Gasteiger partial charge in [-0.15, -0.1) is 11.3 Å². The van der Waals surface area contributed by atoms with Crippen molar-refractivity contribution in [3.05, 3.63) is 34.7 Å². The number of rotatable bonds is 3. The Kier molecular flexibility index (Phi) is 3.41. The third-order valence-corrected chi connectivity index (χ3v) is 3.89. The Hall–Kier alpha value is -1.40. The van der Waals surface area contributed by atoms with Gasteiger partial charge in [0, 0.05) is 10.9 Å². The second kappa shape index (κ2) is 4.70. The second-order valence-electron chi connectivity index (χ2n) is 4.23. The van der Waals surface area contributed by atoms with Crippen molar-refractivity contribution in [1.82, 2.24) is 4.98 Å². The lowest BCUT2D eigenvalue weighted by Crippen LogP contribution is -2.09.